The normalized spacial score (nSPS) is 11.1. The van der Waals surface area contributed by atoms with E-state index in [0.717, 1.165) is 5.56 Å². The standard InChI is InChI=1S/C11H7Cl2N5/c1-6-16-17-11-15-10(5-14-18(6)11)8-4-7(12)2-3-9(8)13/h2-5H,1H3. The summed E-state index contributed by atoms with van der Waals surface area (Å²) in [7, 11) is 0. The first-order valence-corrected chi connectivity index (χ1v) is 5.91. The van der Waals surface area contributed by atoms with Crippen LogP contribution in [0, 0.1) is 6.92 Å². The van der Waals surface area contributed by atoms with Crippen LogP contribution in [0.1, 0.15) is 5.82 Å². The molecule has 0 aliphatic carbocycles. The predicted octanol–water partition coefficient (Wildman–Crippen LogP) is 2.80. The molecular weight excluding hydrogens is 273 g/mol. The molecule has 3 aromatic rings. The van der Waals surface area contributed by atoms with Crippen molar-refractivity contribution < 1.29 is 0 Å². The number of benzene rings is 1. The first-order valence-electron chi connectivity index (χ1n) is 5.15. The molecule has 18 heavy (non-hydrogen) atoms. The van der Waals surface area contributed by atoms with Gasteiger partial charge in [0.05, 0.1) is 16.9 Å². The SMILES string of the molecule is Cc1nnc2nc(-c3cc(Cl)ccc3Cl)cnn12. The Hall–Kier alpha value is -1.72. The Morgan fingerprint density at radius 1 is 1.17 bits per heavy atom. The van der Waals surface area contributed by atoms with E-state index in [1.807, 2.05) is 0 Å². The zero-order valence-corrected chi connectivity index (χ0v) is 10.8. The highest BCUT2D eigenvalue weighted by Gasteiger charge is 2.10. The van der Waals surface area contributed by atoms with Gasteiger partial charge in [-0.1, -0.05) is 23.2 Å². The van der Waals surface area contributed by atoms with Gasteiger partial charge in [-0.3, -0.25) is 0 Å². The van der Waals surface area contributed by atoms with Crippen molar-refractivity contribution in [2.75, 3.05) is 0 Å². The van der Waals surface area contributed by atoms with E-state index in [1.165, 1.54) is 0 Å². The van der Waals surface area contributed by atoms with Crippen LogP contribution in [-0.4, -0.2) is 24.8 Å². The van der Waals surface area contributed by atoms with Crippen LogP contribution in [0.4, 0.5) is 0 Å². The Balaban J connectivity index is 2.22. The molecule has 3 rings (SSSR count). The summed E-state index contributed by atoms with van der Waals surface area (Å²) in [5, 5.41) is 13.2. The van der Waals surface area contributed by atoms with Crippen molar-refractivity contribution in [2.45, 2.75) is 6.92 Å². The van der Waals surface area contributed by atoms with Crippen molar-refractivity contribution in [1.82, 2.24) is 24.8 Å². The Kier molecular flexibility index (Phi) is 2.65. The van der Waals surface area contributed by atoms with E-state index < -0.39 is 0 Å². The largest absolute Gasteiger partial charge is 0.272 e. The van der Waals surface area contributed by atoms with E-state index in [-0.39, 0.29) is 0 Å². The highest BCUT2D eigenvalue weighted by atomic mass is 35.5. The smallest absolute Gasteiger partial charge is 0.208 e. The average Bonchev–Trinajstić information content (AvgIpc) is 2.74. The fraction of sp³-hybridized carbons (Fsp3) is 0.0909. The molecule has 1 aromatic carbocycles. The van der Waals surface area contributed by atoms with Crippen molar-refractivity contribution in [3.63, 3.8) is 0 Å². The number of rotatable bonds is 1. The van der Waals surface area contributed by atoms with Crippen molar-refractivity contribution in [1.29, 1.82) is 0 Å². The first kappa shape index (κ1) is 11.4. The number of hydrogen-bond donors (Lipinski definition) is 0. The van der Waals surface area contributed by atoms with Crippen LogP contribution in [0.25, 0.3) is 17.0 Å². The number of aryl methyl sites for hydroxylation is 1. The van der Waals surface area contributed by atoms with Crippen molar-refractivity contribution in [2.24, 2.45) is 0 Å². The summed E-state index contributed by atoms with van der Waals surface area (Å²) in [5.74, 6) is 1.11. The molecule has 0 spiro atoms. The van der Waals surface area contributed by atoms with Crippen LogP contribution in [0.3, 0.4) is 0 Å². The lowest BCUT2D eigenvalue weighted by Crippen LogP contribution is -1.98. The quantitative estimate of drug-likeness (QED) is 0.687. The van der Waals surface area contributed by atoms with Crippen LogP contribution in [-0.2, 0) is 0 Å². The third-order valence-electron chi connectivity index (χ3n) is 2.50. The maximum atomic E-state index is 6.12. The van der Waals surface area contributed by atoms with Gasteiger partial charge in [-0.25, -0.2) is 4.98 Å². The van der Waals surface area contributed by atoms with Crippen LogP contribution in [0.2, 0.25) is 10.0 Å². The van der Waals surface area contributed by atoms with Crippen LogP contribution in [0.15, 0.2) is 24.4 Å². The minimum absolute atomic E-state index is 0.432. The number of hydrogen-bond acceptors (Lipinski definition) is 4. The number of halogens is 2. The average molecular weight is 280 g/mol. The van der Waals surface area contributed by atoms with Crippen LogP contribution >= 0.6 is 23.2 Å². The molecule has 0 atom stereocenters. The van der Waals surface area contributed by atoms with E-state index in [2.05, 4.69) is 20.3 Å². The van der Waals surface area contributed by atoms with E-state index in [9.17, 15) is 0 Å². The number of aromatic nitrogens is 5. The minimum Gasteiger partial charge on any atom is -0.208 e. The lowest BCUT2D eigenvalue weighted by atomic mass is 10.2. The first-order chi connectivity index (χ1) is 8.65. The Bertz CT molecular complexity index is 737. The minimum atomic E-state index is 0.432. The van der Waals surface area contributed by atoms with Crippen molar-refractivity contribution in [3.05, 3.63) is 40.3 Å². The molecule has 5 nitrogen and oxygen atoms in total. The lowest BCUT2D eigenvalue weighted by Gasteiger charge is -2.03. The summed E-state index contributed by atoms with van der Waals surface area (Å²) in [4.78, 5) is 4.35. The summed E-state index contributed by atoms with van der Waals surface area (Å²) in [6.07, 6.45) is 1.61. The molecule has 0 fully saturated rings. The highest BCUT2D eigenvalue weighted by molar-refractivity contribution is 6.35. The number of nitrogens with zero attached hydrogens (tertiary/aromatic N) is 5. The van der Waals surface area contributed by atoms with Gasteiger partial charge in [-0.05, 0) is 25.1 Å². The van der Waals surface area contributed by atoms with Gasteiger partial charge in [0.25, 0.3) is 5.78 Å². The van der Waals surface area contributed by atoms with E-state index >= 15 is 0 Å². The van der Waals surface area contributed by atoms with E-state index in [4.69, 9.17) is 23.2 Å². The fourth-order valence-corrected chi connectivity index (χ4v) is 2.01. The molecule has 0 aliphatic heterocycles. The Labute approximate surface area is 112 Å². The topological polar surface area (TPSA) is 56.0 Å². The molecule has 0 N–H and O–H groups in total. The Morgan fingerprint density at radius 2 is 2.00 bits per heavy atom. The molecule has 2 heterocycles. The van der Waals surface area contributed by atoms with Gasteiger partial charge in [-0.15, -0.1) is 10.2 Å². The summed E-state index contributed by atoms with van der Waals surface area (Å²) < 4.78 is 1.56. The molecule has 0 unspecified atom stereocenters. The molecule has 0 saturated carbocycles. The Morgan fingerprint density at radius 3 is 2.83 bits per heavy atom. The molecule has 2 aromatic heterocycles. The van der Waals surface area contributed by atoms with Crippen molar-refractivity contribution in [3.8, 4) is 11.3 Å². The predicted molar refractivity (Wildman–Crippen MR) is 68.8 cm³/mol. The van der Waals surface area contributed by atoms with Gasteiger partial charge in [0, 0.05) is 10.6 Å². The zero-order chi connectivity index (χ0) is 12.7. The second-order valence-electron chi connectivity index (χ2n) is 3.72. The summed E-state index contributed by atoms with van der Waals surface area (Å²) >= 11 is 12.1. The highest BCUT2D eigenvalue weighted by Crippen LogP contribution is 2.28. The second kappa shape index (κ2) is 4.19. The van der Waals surface area contributed by atoms with Gasteiger partial charge >= 0.3 is 0 Å². The maximum absolute atomic E-state index is 6.12. The van der Waals surface area contributed by atoms with E-state index in [1.54, 1.807) is 35.8 Å². The zero-order valence-electron chi connectivity index (χ0n) is 9.30. The monoisotopic (exact) mass is 279 g/mol. The molecule has 0 saturated heterocycles. The van der Waals surface area contributed by atoms with Crippen LogP contribution in [0.5, 0.6) is 0 Å². The molecule has 0 bridgehead atoms. The second-order valence-corrected chi connectivity index (χ2v) is 4.57. The van der Waals surface area contributed by atoms with Gasteiger partial charge in [0.15, 0.2) is 5.82 Å². The molecule has 90 valence electrons. The summed E-state index contributed by atoms with van der Waals surface area (Å²) in [6, 6.07) is 5.19. The van der Waals surface area contributed by atoms with E-state index in [0.29, 0.717) is 27.3 Å². The third kappa shape index (κ3) is 1.81. The maximum Gasteiger partial charge on any atom is 0.272 e. The van der Waals surface area contributed by atoms with Crippen LogP contribution < -0.4 is 0 Å². The molecule has 0 radical (unpaired) electrons. The molecule has 0 amide bonds. The van der Waals surface area contributed by atoms with Gasteiger partial charge in [0.1, 0.15) is 0 Å². The third-order valence-corrected chi connectivity index (χ3v) is 3.07. The van der Waals surface area contributed by atoms with Gasteiger partial charge in [-0.2, -0.15) is 9.61 Å². The lowest BCUT2D eigenvalue weighted by molar-refractivity contribution is 0.859. The number of fused-ring (bicyclic) bond motifs is 1. The summed E-state index contributed by atoms with van der Waals surface area (Å²) in [6.45, 7) is 1.81. The molecular formula is C11H7Cl2N5. The van der Waals surface area contributed by atoms with Gasteiger partial charge < -0.3 is 0 Å². The van der Waals surface area contributed by atoms with Crippen molar-refractivity contribution >= 4 is 29.0 Å². The molecule has 0 aliphatic rings. The van der Waals surface area contributed by atoms with Gasteiger partial charge in [0.2, 0.25) is 0 Å². The fourth-order valence-electron chi connectivity index (χ4n) is 1.62. The molecule has 7 heteroatoms. The summed E-state index contributed by atoms with van der Waals surface area (Å²) in [5.41, 5.74) is 1.34.